The van der Waals surface area contributed by atoms with Crippen LogP contribution in [0.1, 0.15) is 13.3 Å². The van der Waals surface area contributed by atoms with Crippen molar-refractivity contribution in [1.29, 1.82) is 0 Å². The minimum atomic E-state index is -0.869. The van der Waals surface area contributed by atoms with Crippen LogP contribution in [0.4, 0.5) is 26.4 Å². The summed E-state index contributed by atoms with van der Waals surface area (Å²) in [5.74, 6) is -0.856. The summed E-state index contributed by atoms with van der Waals surface area (Å²) >= 11 is 0. The first kappa shape index (κ1) is 17.6. The summed E-state index contributed by atoms with van der Waals surface area (Å²) in [6.45, 7) is 1.78. The fourth-order valence-corrected chi connectivity index (χ4v) is 2.09. The highest BCUT2D eigenvalue weighted by Gasteiger charge is 2.14. The van der Waals surface area contributed by atoms with Crippen LogP contribution < -0.4 is 10.6 Å². The van der Waals surface area contributed by atoms with Gasteiger partial charge in [-0.25, -0.2) is 9.37 Å². The number of pyridine rings is 1. The van der Waals surface area contributed by atoms with Crippen molar-refractivity contribution in [3.05, 3.63) is 54.4 Å². The van der Waals surface area contributed by atoms with Gasteiger partial charge in [-0.1, -0.05) is 19.1 Å². The molecule has 1 aromatic carbocycles. The van der Waals surface area contributed by atoms with E-state index in [1.165, 1.54) is 30.5 Å². The Kier molecular flexibility index (Phi) is 5.28. The van der Waals surface area contributed by atoms with Crippen LogP contribution in [-0.4, -0.2) is 31.3 Å². The Bertz CT molecular complexity index is 891. The molecule has 0 bridgehead atoms. The van der Waals surface area contributed by atoms with Gasteiger partial charge >= 0.3 is 0 Å². The molecule has 0 amide bonds. The smallest absolute Gasteiger partial charge is 0.232 e. The molecule has 0 fully saturated rings. The summed E-state index contributed by atoms with van der Waals surface area (Å²) in [6.07, 6.45) is 0.826. The van der Waals surface area contributed by atoms with Crippen LogP contribution in [0, 0.1) is 11.8 Å². The van der Waals surface area contributed by atoms with Crippen molar-refractivity contribution in [1.82, 2.24) is 19.9 Å². The number of rotatable bonds is 6. The number of benzene rings is 1. The standard InChI is InChI=1S/C17H16F2N6O/c1-2-14(26)22-17-24-15(11-5-3-4-6-12(11)18)23-16(25-17)21-10-7-8-13(19)20-9-10/h3-9,14,26H,2H2,1H3,(H2,21,22,23,24,25). The highest BCUT2D eigenvalue weighted by Crippen LogP contribution is 2.22. The first-order chi connectivity index (χ1) is 12.5. The zero-order chi connectivity index (χ0) is 18.5. The molecule has 2 aromatic heterocycles. The van der Waals surface area contributed by atoms with E-state index in [-0.39, 0.29) is 23.3 Å². The Morgan fingerprint density at radius 3 is 2.50 bits per heavy atom. The van der Waals surface area contributed by atoms with Gasteiger partial charge in [0.1, 0.15) is 12.0 Å². The van der Waals surface area contributed by atoms with E-state index in [0.717, 1.165) is 0 Å². The quantitative estimate of drug-likeness (QED) is 0.460. The number of nitrogens with one attached hydrogen (secondary N) is 2. The molecule has 2 heterocycles. The molecule has 0 saturated heterocycles. The first-order valence-corrected chi connectivity index (χ1v) is 7.89. The average Bonchev–Trinajstić information content (AvgIpc) is 2.63. The molecule has 3 rings (SSSR count). The molecule has 0 spiro atoms. The topological polar surface area (TPSA) is 95.8 Å². The Balaban J connectivity index is 1.99. The maximum absolute atomic E-state index is 14.1. The van der Waals surface area contributed by atoms with Crippen LogP contribution in [0.25, 0.3) is 11.4 Å². The third kappa shape index (κ3) is 4.25. The minimum absolute atomic E-state index is 0.0742. The van der Waals surface area contributed by atoms with Crippen molar-refractivity contribution in [2.45, 2.75) is 19.6 Å². The van der Waals surface area contributed by atoms with Crippen LogP contribution in [0.15, 0.2) is 42.6 Å². The number of halogens is 2. The summed E-state index contributed by atoms with van der Waals surface area (Å²) < 4.78 is 27.0. The number of anilines is 3. The number of aromatic nitrogens is 4. The molecule has 0 saturated carbocycles. The molecule has 26 heavy (non-hydrogen) atoms. The van der Waals surface area contributed by atoms with Crippen LogP contribution in [0.5, 0.6) is 0 Å². The highest BCUT2D eigenvalue weighted by atomic mass is 19.1. The van der Waals surface area contributed by atoms with E-state index in [1.54, 1.807) is 19.1 Å². The van der Waals surface area contributed by atoms with Crippen molar-refractivity contribution in [2.75, 3.05) is 10.6 Å². The van der Waals surface area contributed by atoms with Gasteiger partial charge in [-0.3, -0.25) is 0 Å². The monoisotopic (exact) mass is 358 g/mol. The number of nitrogens with zero attached hydrogens (tertiary/aromatic N) is 4. The predicted molar refractivity (Wildman–Crippen MR) is 92.6 cm³/mol. The van der Waals surface area contributed by atoms with Gasteiger partial charge in [0.2, 0.25) is 17.8 Å². The summed E-state index contributed by atoms with van der Waals surface area (Å²) in [6, 6.07) is 8.69. The highest BCUT2D eigenvalue weighted by molar-refractivity contribution is 5.61. The largest absolute Gasteiger partial charge is 0.374 e. The Labute approximate surface area is 148 Å². The molecule has 134 valence electrons. The molecule has 1 atom stereocenters. The van der Waals surface area contributed by atoms with Gasteiger partial charge in [0.25, 0.3) is 0 Å². The Morgan fingerprint density at radius 2 is 1.81 bits per heavy atom. The van der Waals surface area contributed by atoms with Gasteiger partial charge in [0.05, 0.1) is 17.4 Å². The van der Waals surface area contributed by atoms with Crippen molar-refractivity contribution >= 4 is 17.6 Å². The van der Waals surface area contributed by atoms with Crippen molar-refractivity contribution in [3.63, 3.8) is 0 Å². The molecule has 9 heteroatoms. The van der Waals surface area contributed by atoms with E-state index in [2.05, 4.69) is 30.6 Å². The van der Waals surface area contributed by atoms with Crippen molar-refractivity contribution < 1.29 is 13.9 Å². The van der Waals surface area contributed by atoms with E-state index >= 15 is 0 Å². The van der Waals surface area contributed by atoms with E-state index < -0.39 is 18.0 Å². The fourth-order valence-electron chi connectivity index (χ4n) is 2.09. The molecule has 0 aliphatic heterocycles. The first-order valence-electron chi connectivity index (χ1n) is 7.89. The lowest BCUT2D eigenvalue weighted by Crippen LogP contribution is -2.20. The third-order valence-corrected chi connectivity index (χ3v) is 3.42. The predicted octanol–water partition coefficient (Wildman–Crippen LogP) is 3.10. The van der Waals surface area contributed by atoms with Crippen LogP contribution >= 0.6 is 0 Å². The molecule has 0 aliphatic carbocycles. The third-order valence-electron chi connectivity index (χ3n) is 3.42. The van der Waals surface area contributed by atoms with E-state index in [1.807, 2.05) is 0 Å². The number of aliphatic hydroxyl groups excluding tert-OH is 1. The van der Waals surface area contributed by atoms with Crippen LogP contribution in [0.3, 0.4) is 0 Å². The summed E-state index contributed by atoms with van der Waals surface area (Å²) in [4.78, 5) is 16.0. The summed E-state index contributed by atoms with van der Waals surface area (Å²) in [7, 11) is 0. The van der Waals surface area contributed by atoms with E-state index in [4.69, 9.17) is 0 Å². The van der Waals surface area contributed by atoms with Gasteiger partial charge in [0.15, 0.2) is 5.82 Å². The lowest BCUT2D eigenvalue weighted by atomic mass is 10.2. The molecular formula is C17H16F2N6O. The molecule has 7 nitrogen and oxygen atoms in total. The zero-order valence-electron chi connectivity index (χ0n) is 13.8. The summed E-state index contributed by atoms with van der Waals surface area (Å²) in [5, 5.41) is 15.3. The minimum Gasteiger partial charge on any atom is -0.374 e. The lowest BCUT2D eigenvalue weighted by molar-refractivity contribution is 0.198. The zero-order valence-corrected chi connectivity index (χ0v) is 13.8. The second-order valence-electron chi connectivity index (χ2n) is 5.35. The molecular weight excluding hydrogens is 342 g/mol. The van der Waals surface area contributed by atoms with Crippen molar-refractivity contribution in [2.24, 2.45) is 0 Å². The Hall–Kier alpha value is -3.20. The van der Waals surface area contributed by atoms with Crippen LogP contribution in [0.2, 0.25) is 0 Å². The maximum Gasteiger partial charge on any atom is 0.232 e. The second kappa shape index (κ2) is 7.79. The van der Waals surface area contributed by atoms with E-state index in [0.29, 0.717) is 12.1 Å². The number of hydrogen-bond donors (Lipinski definition) is 3. The van der Waals surface area contributed by atoms with Gasteiger partial charge in [-0.15, -0.1) is 0 Å². The number of aliphatic hydroxyl groups is 1. The molecule has 3 aromatic rings. The average molecular weight is 358 g/mol. The van der Waals surface area contributed by atoms with Gasteiger partial charge in [-0.2, -0.15) is 19.3 Å². The summed E-state index contributed by atoms with van der Waals surface area (Å²) in [5.41, 5.74) is 0.628. The molecule has 1 unspecified atom stereocenters. The Morgan fingerprint density at radius 1 is 1.04 bits per heavy atom. The SMILES string of the molecule is CCC(O)Nc1nc(Nc2ccc(F)nc2)nc(-c2ccccc2F)n1. The van der Waals surface area contributed by atoms with Gasteiger partial charge in [-0.05, 0) is 30.7 Å². The second-order valence-corrected chi connectivity index (χ2v) is 5.35. The van der Waals surface area contributed by atoms with Crippen LogP contribution in [-0.2, 0) is 0 Å². The fraction of sp³-hybridized carbons (Fsp3) is 0.176. The molecule has 3 N–H and O–H groups in total. The van der Waals surface area contributed by atoms with E-state index in [9.17, 15) is 13.9 Å². The van der Waals surface area contributed by atoms with Gasteiger partial charge in [0, 0.05) is 0 Å². The normalized spacial score (nSPS) is 11.8. The van der Waals surface area contributed by atoms with Crippen molar-refractivity contribution in [3.8, 4) is 11.4 Å². The molecule has 0 radical (unpaired) electrons. The van der Waals surface area contributed by atoms with Gasteiger partial charge < -0.3 is 15.7 Å². The number of hydrogen-bond acceptors (Lipinski definition) is 7. The molecule has 0 aliphatic rings. The lowest BCUT2D eigenvalue weighted by Gasteiger charge is -2.13. The maximum atomic E-state index is 14.1.